The maximum atomic E-state index is 13.8. The molecule has 0 unspecified atom stereocenters. The van der Waals surface area contributed by atoms with Crippen LogP contribution in [0.25, 0.3) is 0 Å². The summed E-state index contributed by atoms with van der Waals surface area (Å²) < 4.78 is 12.7. The number of carbonyl (C=O) groups is 2. The first-order valence-electron chi connectivity index (χ1n) is 12.5. The van der Waals surface area contributed by atoms with Gasteiger partial charge in [-0.05, 0) is 61.3 Å². The number of anilines is 1. The van der Waals surface area contributed by atoms with Crippen LogP contribution in [0.3, 0.4) is 0 Å². The molecule has 1 aromatic rings. The number of aryl methyl sites for hydroxylation is 2. The van der Waals surface area contributed by atoms with E-state index in [9.17, 15) is 9.59 Å². The molecule has 2 amide bonds. The second kappa shape index (κ2) is 9.52. The molecule has 1 fully saturated rings. The fraction of sp³-hybridized carbons (Fsp3) is 0.692. The SMILES string of the molecule is Cc1cc2c(cc1C)N(COCC[Si](C)(C)C)C(=O)[C@@H]1C[C@@H](O[Si](C)(C)C(C)(C)C)CN1C2=O. The van der Waals surface area contributed by atoms with Gasteiger partial charge in [-0.25, -0.2) is 0 Å². The molecule has 1 aromatic carbocycles. The number of benzene rings is 1. The van der Waals surface area contributed by atoms with Gasteiger partial charge in [0.2, 0.25) is 0 Å². The van der Waals surface area contributed by atoms with Crippen LogP contribution in [0, 0.1) is 13.8 Å². The number of amides is 2. The molecule has 8 heteroatoms. The summed E-state index contributed by atoms with van der Waals surface area (Å²) in [5, 5.41) is 0.0679. The lowest BCUT2D eigenvalue weighted by molar-refractivity contribution is -0.123. The molecule has 0 bridgehead atoms. The number of rotatable bonds is 7. The highest BCUT2D eigenvalue weighted by Gasteiger charge is 2.48. The zero-order valence-corrected chi connectivity index (χ0v) is 24.9. The van der Waals surface area contributed by atoms with Crippen LogP contribution < -0.4 is 4.90 Å². The van der Waals surface area contributed by atoms with Gasteiger partial charge in [-0.2, -0.15) is 0 Å². The Morgan fingerprint density at radius 2 is 1.65 bits per heavy atom. The van der Waals surface area contributed by atoms with Crippen LogP contribution in [-0.2, 0) is 14.0 Å². The number of hydrogen-bond donors (Lipinski definition) is 0. The van der Waals surface area contributed by atoms with Gasteiger partial charge in [0.05, 0.1) is 17.4 Å². The number of carbonyl (C=O) groups excluding carboxylic acids is 2. The van der Waals surface area contributed by atoms with Crippen molar-refractivity contribution < 1.29 is 18.8 Å². The molecule has 34 heavy (non-hydrogen) atoms. The van der Waals surface area contributed by atoms with Crippen LogP contribution in [0.15, 0.2) is 12.1 Å². The highest BCUT2D eigenvalue weighted by atomic mass is 28.4. The Morgan fingerprint density at radius 1 is 1.03 bits per heavy atom. The average Bonchev–Trinajstić information content (AvgIpc) is 3.07. The standard InChI is InChI=1S/C26H44N2O4Si2/c1-18-13-21-22(14-19(18)2)28(17-31-11-12-33(6,7)8)25(30)23-15-20(16-27(23)24(21)29)32-34(9,10)26(3,4)5/h13-14,20,23H,11-12,15-17H2,1-10H3/t20-,23+/m1/s1. The van der Waals surface area contributed by atoms with E-state index in [-0.39, 0.29) is 29.7 Å². The van der Waals surface area contributed by atoms with E-state index in [1.165, 1.54) is 0 Å². The maximum absolute atomic E-state index is 13.8. The smallest absolute Gasteiger partial charge is 0.256 e. The van der Waals surface area contributed by atoms with Crippen LogP contribution in [-0.4, -0.2) is 65.1 Å². The van der Waals surface area contributed by atoms with Crippen LogP contribution in [0.2, 0.25) is 43.8 Å². The van der Waals surface area contributed by atoms with E-state index < -0.39 is 22.4 Å². The average molecular weight is 505 g/mol. The lowest BCUT2D eigenvalue weighted by atomic mass is 10.0. The summed E-state index contributed by atoms with van der Waals surface area (Å²) in [6.07, 6.45) is 0.413. The van der Waals surface area contributed by atoms with Crippen LogP contribution in [0.5, 0.6) is 0 Å². The van der Waals surface area contributed by atoms with E-state index in [4.69, 9.17) is 9.16 Å². The summed E-state index contributed by atoms with van der Waals surface area (Å²) in [5.41, 5.74) is 3.36. The van der Waals surface area contributed by atoms with E-state index in [0.29, 0.717) is 30.8 Å². The third-order valence-electron chi connectivity index (χ3n) is 7.69. The quantitative estimate of drug-likeness (QED) is 0.360. The van der Waals surface area contributed by atoms with Crippen LogP contribution in [0.4, 0.5) is 5.69 Å². The van der Waals surface area contributed by atoms with Crippen molar-refractivity contribution in [1.29, 1.82) is 0 Å². The predicted octanol–water partition coefficient (Wildman–Crippen LogP) is 5.57. The van der Waals surface area contributed by atoms with E-state index in [1.807, 2.05) is 26.0 Å². The molecule has 190 valence electrons. The molecular weight excluding hydrogens is 460 g/mol. The molecule has 0 aliphatic carbocycles. The zero-order valence-electron chi connectivity index (χ0n) is 22.9. The lowest BCUT2D eigenvalue weighted by Crippen LogP contribution is -2.45. The van der Waals surface area contributed by atoms with Crippen molar-refractivity contribution in [2.45, 2.75) is 97.0 Å². The Labute approximate surface area is 208 Å². The van der Waals surface area contributed by atoms with Crippen molar-refractivity contribution in [1.82, 2.24) is 4.90 Å². The minimum absolute atomic E-state index is 0.0651. The number of nitrogens with zero attached hydrogens (tertiary/aromatic N) is 2. The molecule has 3 rings (SSSR count). The second-order valence-electron chi connectivity index (χ2n) is 12.8. The molecule has 2 aliphatic heterocycles. The molecule has 6 nitrogen and oxygen atoms in total. The molecule has 0 radical (unpaired) electrons. The Bertz CT molecular complexity index is 949. The predicted molar refractivity (Wildman–Crippen MR) is 144 cm³/mol. The van der Waals surface area contributed by atoms with Gasteiger partial charge in [-0.1, -0.05) is 40.4 Å². The van der Waals surface area contributed by atoms with E-state index >= 15 is 0 Å². The number of hydrogen-bond acceptors (Lipinski definition) is 4. The molecule has 1 saturated heterocycles. The van der Waals surface area contributed by atoms with Gasteiger partial charge in [0, 0.05) is 27.6 Å². The molecule has 0 aromatic heterocycles. The Hall–Kier alpha value is -1.49. The minimum Gasteiger partial charge on any atom is -0.412 e. The van der Waals surface area contributed by atoms with E-state index in [1.54, 1.807) is 9.80 Å². The van der Waals surface area contributed by atoms with Gasteiger partial charge < -0.3 is 14.1 Å². The van der Waals surface area contributed by atoms with Crippen molar-refractivity contribution in [2.75, 3.05) is 24.8 Å². The van der Waals surface area contributed by atoms with Crippen molar-refractivity contribution in [3.05, 3.63) is 28.8 Å². The summed E-state index contributed by atoms with van der Waals surface area (Å²) in [7, 11) is -3.27. The largest absolute Gasteiger partial charge is 0.412 e. The van der Waals surface area contributed by atoms with Gasteiger partial charge in [0.15, 0.2) is 8.32 Å². The molecule has 2 atom stereocenters. The fourth-order valence-electron chi connectivity index (χ4n) is 4.25. The molecule has 0 saturated carbocycles. The van der Waals surface area contributed by atoms with Gasteiger partial charge in [0.1, 0.15) is 12.8 Å². The highest BCUT2D eigenvalue weighted by Crippen LogP contribution is 2.40. The Balaban J connectivity index is 1.91. The number of fused-ring (bicyclic) bond motifs is 2. The normalized spacial score (nSPS) is 21.6. The lowest BCUT2D eigenvalue weighted by Gasteiger charge is -2.38. The highest BCUT2D eigenvalue weighted by molar-refractivity contribution is 6.76. The van der Waals surface area contributed by atoms with Gasteiger partial charge >= 0.3 is 0 Å². The first-order chi connectivity index (χ1) is 15.5. The van der Waals surface area contributed by atoms with E-state index in [0.717, 1.165) is 17.2 Å². The van der Waals surface area contributed by atoms with Crippen molar-refractivity contribution in [3.63, 3.8) is 0 Å². The molecule has 2 heterocycles. The molecule has 2 aliphatic rings. The Kier molecular flexibility index (Phi) is 7.59. The van der Waals surface area contributed by atoms with Crippen molar-refractivity contribution in [2.24, 2.45) is 0 Å². The minimum atomic E-state index is -2.02. The second-order valence-corrected chi connectivity index (χ2v) is 23.2. The summed E-state index contributed by atoms with van der Waals surface area (Å²) in [6.45, 7) is 23.3. The van der Waals surface area contributed by atoms with Crippen molar-refractivity contribution >= 4 is 33.9 Å². The van der Waals surface area contributed by atoms with Gasteiger partial charge in [0.25, 0.3) is 11.8 Å². The third kappa shape index (κ3) is 5.66. The number of ether oxygens (including phenoxy) is 1. The molecular formula is C26H44N2O4Si2. The summed E-state index contributed by atoms with van der Waals surface area (Å²) in [6, 6.07) is 4.41. The summed E-state index contributed by atoms with van der Waals surface area (Å²) in [5.74, 6) is -0.146. The summed E-state index contributed by atoms with van der Waals surface area (Å²) in [4.78, 5) is 31.0. The van der Waals surface area contributed by atoms with Crippen LogP contribution >= 0.6 is 0 Å². The summed E-state index contributed by atoms with van der Waals surface area (Å²) >= 11 is 0. The molecule has 0 spiro atoms. The first kappa shape index (κ1) is 27.1. The molecule has 0 N–H and O–H groups in total. The maximum Gasteiger partial charge on any atom is 0.256 e. The van der Waals surface area contributed by atoms with Gasteiger partial charge in [-0.3, -0.25) is 14.5 Å². The van der Waals surface area contributed by atoms with Crippen molar-refractivity contribution in [3.8, 4) is 0 Å². The van der Waals surface area contributed by atoms with Crippen LogP contribution in [0.1, 0.15) is 48.7 Å². The monoisotopic (exact) mass is 504 g/mol. The topological polar surface area (TPSA) is 59.1 Å². The first-order valence-corrected chi connectivity index (χ1v) is 19.1. The Morgan fingerprint density at radius 3 is 2.24 bits per heavy atom. The van der Waals surface area contributed by atoms with Gasteiger partial charge in [-0.15, -0.1) is 0 Å². The third-order valence-corrected chi connectivity index (χ3v) is 13.9. The fourth-order valence-corrected chi connectivity index (χ4v) is 6.37. The zero-order chi connectivity index (χ0) is 25.6. The van der Waals surface area contributed by atoms with E-state index in [2.05, 4.69) is 53.5 Å².